The maximum Gasteiger partial charge on any atom is 0.150 e. The van der Waals surface area contributed by atoms with E-state index in [2.05, 4.69) is 193 Å². The molecule has 0 heterocycles. The molecule has 2 heteroatoms. The monoisotopic (exact) mass is 855 g/mol. The Labute approximate surface area is 391 Å². The van der Waals surface area contributed by atoms with Gasteiger partial charge < -0.3 is 0 Å². The van der Waals surface area contributed by atoms with Gasteiger partial charge in [-0.05, 0) is 188 Å². The van der Waals surface area contributed by atoms with Gasteiger partial charge in [-0.2, -0.15) is 0 Å². The molecule has 0 aromatic heterocycles. The molecule has 0 fully saturated rings. The highest BCUT2D eigenvalue weighted by molar-refractivity contribution is 6.11. The van der Waals surface area contributed by atoms with Gasteiger partial charge in [0.25, 0.3) is 0 Å². The van der Waals surface area contributed by atoms with Gasteiger partial charge in [0.15, 0.2) is 5.84 Å². The first-order valence-corrected chi connectivity index (χ1v) is 24.5. The topological polar surface area (TPSA) is 24.7 Å². The number of hydrogen-bond donors (Lipinski definition) is 0. The van der Waals surface area contributed by atoms with Crippen LogP contribution in [-0.4, -0.2) is 11.5 Å². The summed E-state index contributed by atoms with van der Waals surface area (Å²) in [7, 11) is 0. The summed E-state index contributed by atoms with van der Waals surface area (Å²) >= 11 is 0. The van der Waals surface area contributed by atoms with Crippen molar-refractivity contribution < 1.29 is 0 Å². The zero-order valence-corrected chi connectivity index (χ0v) is 39.9. The zero-order valence-electron chi connectivity index (χ0n) is 39.9. The summed E-state index contributed by atoms with van der Waals surface area (Å²) in [5, 5.41) is 0. The molecule has 2 aromatic carbocycles. The molecule has 0 bridgehead atoms. The fourth-order valence-corrected chi connectivity index (χ4v) is 10.5. The van der Waals surface area contributed by atoms with Crippen LogP contribution in [0.1, 0.15) is 128 Å². The van der Waals surface area contributed by atoms with Crippen LogP contribution in [0.15, 0.2) is 224 Å². The molecule has 8 rings (SSSR count). The largest absolute Gasteiger partial charge is 0.262 e. The second-order valence-corrected chi connectivity index (χ2v) is 19.6. The highest BCUT2D eigenvalue weighted by atomic mass is 14.9. The van der Waals surface area contributed by atoms with Crippen LogP contribution in [0.25, 0.3) is 5.57 Å². The lowest BCUT2D eigenvalue weighted by Crippen LogP contribution is -2.18. The van der Waals surface area contributed by atoms with Gasteiger partial charge in [0, 0.05) is 11.1 Å². The number of benzene rings is 2. The van der Waals surface area contributed by atoms with Crippen molar-refractivity contribution >= 4 is 17.1 Å². The SMILES string of the molecule is C=C/C1=C(\C=C/CC2C=CC3=C(C2)C2=CC(C/C=C\C(C)=C\C4=CCCC=C4C)=CCC2(C)C3)C/C=C\C=C(\c2cccc(CN=C(N=C(C)c3ccccc3)C3=CC(C)CCC3)c2)C1. The van der Waals surface area contributed by atoms with Crippen LogP contribution < -0.4 is 0 Å². The van der Waals surface area contributed by atoms with Gasteiger partial charge in [-0.3, -0.25) is 4.99 Å². The lowest BCUT2D eigenvalue weighted by Gasteiger charge is -2.31. The van der Waals surface area contributed by atoms with Crippen molar-refractivity contribution in [3.63, 3.8) is 0 Å². The summed E-state index contributed by atoms with van der Waals surface area (Å²) in [6, 6.07) is 19.4. The van der Waals surface area contributed by atoms with Crippen molar-refractivity contribution in [3.8, 4) is 0 Å². The second kappa shape index (κ2) is 21.4. The number of fused-ring (bicyclic) bond motifs is 2. The molecule has 6 aliphatic rings. The summed E-state index contributed by atoms with van der Waals surface area (Å²) < 4.78 is 0. The normalized spacial score (nSPS) is 26.6. The Kier molecular flexibility index (Phi) is 15.1. The first kappa shape index (κ1) is 45.7. The summed E-state index contributed by atoms with van der Waals surface area (Å²) in [5.41, 5.74) is 20.4. The molecule has 332 valence electrons. The van der Waals surface area contributed by atoms with Crippen LogP contribution >= 0.6 is 0 Å². The molecule has 0 spiro atoms. The summed E-state index contributed by atoms with van der Waals surface area (Å²) in [5.74, 6) is 1.93. The molecular weight excluding hydrogens is 785 g/mol. The molecule has 2 nitrogen and oxygen atoms in total. The fraction of sp³-hybridized carbons (Fsp3) is 0.333. The molecule has 6 aliphatic carbocycles. The van der Waals surface area contributed by atoms with Gasteiger partial charge in [0.1, 0.15) is 0 Å². The maximum absolute atomic E-state index is 5.20. The predicted molar refractivity (Wildman–Crippen MR) is 281 cm³/mol. The second-order valence-electron chi connectivity index (χ2n) is 19.6. The Hall–Kier alpha value is -5.86. The first-order valence-electron chi connectivity index (χ1n) is 24.5. The highest BCUT2D eigenvalue weighted by Gasteiger charge is 2.40. The number of aliphatic imine (C=N–C) groups is 2. The third-order valence-corrected chi connectivity index (χ3v) is 14.3. The van der Waals surface area contributed by atoms with Gasteiger partial charge >= 0.3 is 0 Å². The maximum atomic E-state index is 5.20. The Morgan fingerprint density at radius 1 is 0.985 bits per heavy atom. The van der Waals surface area contributed by atoms with E-state index in [4.69, 9.17) is 9.98 Å². The van der Waals surface area contributed by atoms with Crippen molar-refractivity contribution in [2.45, 2.75) is 118 Å². The number of allylic oxidation sites excluding steroid dienone is 26. The van der Waals surface area contributed by atoms with E-state index in [9.17, 15) is 0 Å². The van der Waals surface area contributed by atoms with E-state index in [1.165, 1.54) is 68.6 Å². The lowest BCUT2D eigenvalue weighted by molar-refractivity contribution is 0.421. The van der Waals surface area contributed by atoms with E-state index in [1.807, 2.05) is 0 Å². The third-order valence-electron chi connectivity index (χ3n) is 14.3. The molecule has 0 saturated heterocycles. The Balaban J connectivity index is 0.916. The van der Waals surface area contributed by atoms with Crippen LogP contribution in [0.2, 0.25) is 0 Å². The van der Waals surface area contributed by atoms with E-state index in [0.29, 0.717) is 18.4 Å². The number of nitrogens with zero attached hydrogens (tertiary/aromatic N) is 2. The minimum absolute atomic E-state index is 0.220. The van der Waals surface area contributed by atoms with Crippen molar-refractivity contribution in [1.82, 2.24) is 0 Å². The molecule has 0 N–H and O–H groups in total. The van der Waals surface area contributed by atoms with Gasteiger partial charge in [-0.1, -0.05) is 172 Å². The number of hydrogen-bond acceptors (Lipinski definition) is 1. The molecule has 0 amide bonds. The number of amidine groups is 1. The Bertz CT molecular complexity index is 2620. The van der Waals surface area contributed by atoms with Crippen LogP contribution in [0, 0.1) is 17.3 Å². The Morgan fingerprint density at radius 3 is 2.68 bits per heavy atom. The highest BCUT2D eigenvalue weighted by Crippen LogP contribution is 2.55. The molecular formula is C63H70N2. The van der Waals surface area contributed by atoms with E-state index in [0.717, 1.165) is 81.3 Å². The summed E-state index contributed by atoms with van der Waals surface area (Å²) in [4.78, 5) is 10.3. The van der Waals surface area contributed by atoms with E-state index in [1.54, 1.807) is 16.7 Å². The lowest BCUT2D eigenvalue weighted by atomic mass is 9.73. The minimum Gasteiger partial charge on any atom is -0.262 e. The average Bonchev–Trinajstić information content (AvgIpc) is 3.60. The third kappa shape index (κ3) is 11.7. The first-order chi connectivity index (χ1) is 31.6. The summed E-state index contributed by atoms with van der Waals surface area (Å²) in [6.07, 6.45) is 50.8. The van der Waals surface area contributed by atoms with Crippen LogP contribution in [0.4, 0.5) is 0 Å². The fourth-order valence-electron chi connectivity index (χ4n) is 10.5. The molecule has 65 heavy (non-hydrogen) atoms. The predicted octanol–water partition coefficient (Wildman–Crippen LogP) is 17.1. The van der Waals surface area contributed by atoms with Crippen molar-refractivity contribution in [1.29, 1.82) is 0 Å². The van der Waals surface area contributed by atoms with Gasteiger partial charge in [-0.25, -0.2) is 4.99 Å². The standard InChI is InChI=1S/C63H70N2/c1-7-52-42-57(56-31-18-24-51(39-56)44-64-62(58-32-16-20-46(3)38-58)65-48(5)53-25-9-8-10-26-53)29-14-13-27-54(52)30-17-23-49-33-34-59-43-63(6)36-35-50(41-61(63)60(59)40-49)22-15-19-45(2)37-55-28-12-11-21-47(55)4/h7-10,13-15,17-19,21,24-26,28-31,33-35,37-39,41,46,49H,1,11-12,16,20,22-23,27,32,36,40,42-44H2,2-6H3/b14-13-,19-15-,30-17-,45-37+,54-52+,57-29+,64-62?,65-48?. The van der Waals surface area contributed by atoms with Crippen molar-refractivity contribution in [2.24, 2.45) is 27.2 Å². The van der Waals surface area contributed by atoms with Gasteiger partial charge in [0.05, 0.1) is 6.54 Å². The zero-order chi connectivity index (χ0) is 45.2. The molecule has 0 saturated carbocycles. The molecule has 0 aliphatic heterocycles. The quantitative estimate of drug-likeness (QED) is 0.109. The molecule has 2 aromatic rings. The Morgan fingerprint density at radius 2 is 1.85 bits per heavy atom. The minimum atomic E-state index is 0.220. The van der Waals surface area contributed by atoms with Gasteiger partial charge in [-0.15, -0.1) is 0 Å². The smallest absolute Gasteiger partial charge is 0.150 e. The van der Waals surface area contributed by atoms with Gasteiger partial charge in [0.2, 0.25) is 0 Å². The van der Waals surface area contributed by atoms with E-state index in [-0.39, 0.29) is 5.41 Å². The summed E-state index contributed by atoms with van der Waals surface area (Å²) in [6.45, 7) is 16.3. The van der Waals surface area contributed by atoms with Crippen LogP contribution in [0.3, 0.4) is 0 Å². The van der Waals surface area contributed by atoms with Crippen molar-refractivity contribution in [2.75, 3.05) is 0 Å². The number of rotatable bonds is 13. The average molecular weight is 855 g/mol. The molecule has 0 radical (unpaired) electrons. The van der Waals surface area contributed by atoms with Crippen LogP contribution in [0.5, 0.6) is 0 Å². The van der Waals surface area contributed by atoms with E-state index >= 15 is 0 Å². The van der Waals surface area contributed by atoms with Crippen LogP contribution in [-0.2, 0) is 6.54 Å². The molecule has 3 atom stereocenters. The van der Waals surface area contributed by atoms with E-state index < -0.39 is 0 Å². The molecule has 3 unspecified atom stereocenters. The van der Waals surface area contributed by atoms with Crippen molar-refractivity contribution in [3.05, 3.63) is 231 Å².